The van der Waals surface area contributed by atoms with E-state index < -0.39 is 6.04 Å². The maximum absolute atomic E-state index is 12.8. The van der Waals surface area contributed by atoms with Crippen molar-refractivity contribution in [1.29, 1.82) is 5.41 Å². The number of nitrogens with two attached hydrogens (primary N) is 1. The number of carbonyl (C=O) groups excluding carboxylic acids is 2. The molecule has 4 N–H and O–H groups in total. The summed E-state index contributed by atoms with van der Waals surface area (Å²) in [6.45, 7) is 1.73. The Morgan fingerprint density at radius 1 is 1.03 bits per heavy atom. The van der Waals surface area contributed by atoms with Crippen LogP contribution < -0.4 is 11.1 Å². The molecule has 166 valence electrons. The molecule has 0 bridgehead atoms. The van der Waals surface area contributed by atoms with Crippen molar-refractivity contribution in [2.45, 2.75) is 32.2 Å². The van der Waals surface area contributed by atoms with Crippen LogP contribution in [0.15, 0.2) is 84.5 Å². The highest BCUT2D eigenvalue weighted by atomic mass is 16.2. The first-order valence-electron chi connectivity index (χ1n) is 11.1. The second-order valence-corrected chi connectivity index (χ2v) is 8.33. The number of amidine groups is 1. The fourth-order valence-corrected chi connectivity index (χ4v) is 4.05. The second-order valence-electron chi connectivity index (χ2n) is 8.33. The molecule has 0 aliphatic heterocycles. The van der Waals surface area contributed by atoms with Crippen molar-refractivity contribution in [2.24, 2.45) is 5.73 Å². The molecule has 33 heavy (non-hydrogen) atoms. The van der Waals surface area contributed by atoms with Gasteiger partial charge in [-0.25, -0.2) is 0 Å². The standard InChI is InChI=1S/C28H27N3O2/c1-18(26(32)16-11-19-9-12-21(13-10-19)27(29)30)31-28(33)23-15-14-22(17-23)25-8-4-6-20-5-2-3-7-24(20)25/h2-10,12-14,17-18H,11,15-16H2,1H3,(H3,29,30)(H,31,33)/t18-/m0/s1. The van der Waals surface area contributed by atoms with Gasteiger partial charge in [-0.15, -0.1) is 0 Å². The van der Waals surface area contributed by atoms with Crippen LogP contribution in [0.5, 0.6) is 0 Å². The van der Waals surface area contributed by atoms with Crippen LogP contribution in [-0.4, -0.2) is 23.6 Å². The van der Waals surface area contributed by atoms with E-state index in [0.717, 1.165) is 27.5 Å². The minimum atomic E-state index is -0.559. The van der Waals surface area contributed by atoms with Gasteiger partial charge in [-0.2, -0.15) is 0 Å². The van der Waals surface area contributed by atoms with E-state index in [4.69, 9.17) is 11.1 Å². The number of hydrogen-bond acceptors (Lipinski definition) is 3. The Hall–Kier alpha value is -3.99. The van der Waals surface area contributed by atoms with Crippen LogP contribution in [0.3, 0.4) is 0 Å². The molecule has 0 aromatic heterocycles. The third-order valence-corrected chi connectivity index (χ3v) is 6.02. The van der Waals surface area contributed by atoms with Gasteiger partial charge in [-0.3, -0.25) is 15.0 Å². The van der Waals surface area contributed by atoms with E-state index in [-0.39, 0.29) is 17.5 Å². The Balaban J connectivity index is 1.35. The number of allylic oxidation sites excluding steroid dienone is 3. The summed E-state index contributed by atoms with van der Waals surface area (Å²) in [5.74, 6) is -0.193. The zero-order chi connectivity index (χ0) is 23.4. The Labute approximate surface area is 193 Å². The molecule has 4 rings (SSSR count). The quantitative estimate of drug-likeness (QED) is 0.356. The van der Waals surface area contributed by atoms with Crippen LogP contribution in [0.2, 0.25) is 0 Å². The first-order valence-corrected chi connectivity index (χ1v) is 11.1. The number of nitrogens with one attached hydrogen (secondary N) is 2. The van der Waals surface area contributed by atoms with E-state index in [0.29, 0.717) is 30.4 Å². The number of hydrogen-bond donors (Lipinski definition) is 3. The van der Waals surface area contributed by atoms with Crippen molar-refractivity contribution in [3.05, 3.63) is 101 Å². The average Bonchev–Trinajstić information content (AvgIpc) is 3.32. The van der Waals surface area contributed by atoms with Crippen molar-refractivity contribution in [2.75, 3.05) is 0 Å². The van der Waals surface area contributed by atoms with Gasteiger partial charge in [0.1, 0.15) is 5.84 Å². The summed E-state index contributed by atoms with van der Waals surface area (Å²) in [6.07, 6.45) is 5.44. The number of nitrogen functional groups attached to an aromatic ring is 1. The Morgan fingerprint density at radius 2 is 1.76 bits per heavy atom. The lowest BCUT2D eigenvalue weighted by atomic mass is 9.99. The lowest BCUT2D eigenvalue weighted by Crippen LogP contribution is -2.39. The lowest BCUT2D eigenvalue weighted by molar-refractivity contribution is -0.125. The van der Waals surface area contributed by atoms with E-state index in [1.807, 2.05) is 36.4 Å². The molecule has 3 aromatic rings. The first kappa shape index (κ1) is 22.2. The van der Waals surface area contributed by atoms with Gasteiger partial charge in [-0.05, 0) is 53.3 Å². The van der Waals surface area contributed by atoms with Crippen LogP contribution in [0.1, 0.15) is 36.5 Å². The van der Waals surface area contributed by atoms with Crippen LogP contribution >= 0.6 is 0 Å². The number of Topliss-reactive ketones (excluding diaryl/α,β-unsaturated/α-hetero) is 1. The molecule has 0 saturated heterocycles. The van der Waals surface area contributed by atoms with Gasteiger partial charge in [0, 0.05) is 17.6 Å². The van der Waals surface area contributed by atoms with Gasteiger partial charge >= 0.3 is 0 Å². The molecule has 5 heteroatoms. The first-order chi connectivity index (χ1) is 15.9. The predicted molar refractivity (Wildman–Crippen MR) is 133 cm³/mol. The minimum Gasteiger partial charge on any atom is -0.384 e. The van der Waals surface area contributed by atoms with Gasteiger partial charge in [0.2, 0.25) is 5.91 Å². The average molecular weight is 438 g/mol. The van der Waals surface area contributed by atoms with Crippen molar-refractivity contribution in [3.8, 4) is 0 Å². The maximum Gasteiger partial charge on any atom is 0.248 e. The Morgan fingerprint density at radius 3 is 2.52 bits per heavy atom. The number of carbonyl (C=O) groups is 2. The second kappa shape index (κ2) is 9.65. The van der Waals surface area contributed by atoms with Crippen molar-refractivity contribution >= 4 is 33.9 Å². The molecule has 0 unspecified atom stereocenters. The topological polar surface area (TPSA) is 96.0 Å². The maximum atomic E-state index is 12.8. The third-order valence-electron chi connectivity index (χ3n) is 6.02. The summed E-state index contributed by atoms with van der Waals surface area (Å²) in [7, 11) is 0. The van der Waals surface area contributed by atoms with Crippen LogP contribution in [0.4, 0.5) is 0 Å². The number of benzene rings is 3. The third kappa shape index (κ3) is 5.09. The summed E-state index contributed by atoms with van der Waals surface area (Å²) in [5.41, 5.74) is 9.93. The smallest absolute Gasteiger partial charge is 0.248 e. The highest BCUT2D eigenvalue weighted by Crippen LogP contribution is 2.31. The van der Waals surface area contributed by atoms with Gasteiger partial charge in [0.25, 0.3) is 0 Å². The molecule has 0 spiro atoms. The van der Waals surface area contributed by atoms with Crippen LogP contribution in [0, 0.1) is 5.41 Å². The molecule has 0 heterocycles. The van der Waals surface area contributed by atoms with Gasteiger partial charge in [0.15, 0.2) is 5.78 Å². The molecule has 1 atom stereocenters. The Bertz CT molecular complexity index is 1280. The summed E-state index contributed by atoms with van der Waals surface area (Å²) in [5, 5.41) is 12.6. The van der Waals surface area contributed by atoms with Crippen molar-refractivity contribution in [3.63, 3.8) is 0 Å². The van der Waals surface area contributed by atoms with Gasteiger partial charge in [0.05, 0.1) is 6.04 Å². The van der Waals surface area contributed by atoms with E-state index in [1.165, 1.54) is 0 Å². The fourth-order valence-electron chi connectivity index (χ4n) is 4.05. The summed E-state index contributed by atoms with van der Waals surface area (Å²) in [6, 6.07) is 21.1. The molecular formula is C28H27N3O2. The van der Waals surface area contributed by atoms with E-state index in [1.54, 1.807) is 19.1 Å². The zero-order valence-corrected chi connectivity index (χ0v) is 18.6. The normalized spacial score (nSPS) is 13.8. The monoisotopic (exact) mass is 437 g/mol. The summed E-state index contributed by atoms with van der Waals surface area (Å²) >= 11 is 0. The van der Waals surface area contributed by atoms with Gasteiger partial charge in [-0.1, -0.05) is 72.8 Å². The van der Waals surface area contributed by atoms with E-state index in [2.05, 4.69) is 35.7 Å². The number of ketones is 1. The summed E-state index contributed by atoms with van der Waals surface area (Å²) in [4.78, 5) is 25.4. The molecule has 0 radical (unpaired) electrons. The fraction of sp³-hybridized carbons (Fsp3) is 0.179. The molecule has 3 aromatic carbocycles. The predicted octanol–water partition coefficient (Wildman–Crippen LogP) is 4.54. The largest absolute Gasteiger partial charge is 0.384 e. The molecule has 0 saturated carbocycles. The number of rotatable bonds is 8. The number of fused-ring (bicyclic) bond motifs is 1. The van der Waals surface area contributed by atoms with Crippen molar-refractivity contribution in [1.82, 2.24) is 5.32 Å². The molecule has 1 amide bonds. The molecular weight excluding hydrogens is 410 g/mol. The number of amides is 1. The van der Waals surface area contributed by atoms with Crippen LogP contribution in [-0.2, 0) is 16.0 Å². The molecule has 1 aliphatic rings. The lowest BCUT2D eigenvalue weighted by Gasteiger charge is -2.13. The van der Waals surface area contributed by atoms with E-state index in [9.17, 15) is 9.59 Å². The van der Waals surface area contributed by atoms with Gasteiger partial charge < -0.3 is 11.1 Å². The molecule has 1 aliphatic carbocycles. The van der Waals surface area contributed by atoms with E-state index >= 15 is 0 Å². The summed E-state index contributed by atoms with van der Waals surface area (Å²) < 4.78 is 0. The highest BCUT2D eigenvalue weighted by molar-refractivity contribution is 6.04. The minimum absolute atomic E-state index is 0.0140. The SMILES string of the molecule is C[C@H](NC(=O)C1=CC(c2cccc3ccccc23)=CC1)C(=O)CCc1ccc(C(=N)N)cc1. The Kier molecular flexibility index (Phi) is 6.50. The zero-order valence-electron chi connectivity index (χ0n) is 18.6. The molecule has 5 nitrogen and oxygen atoms in total. The molecule has 0 fully saturated rings. The highest BCUT2D eigenvalue weighted by Gasteiger charge is 2.21. The van der Waals surface area contributed by atoms with Crippen LogP contribution in [0.25, 0.3) is 16.3 Å². The van der Waals surface area contributed by atoms with Crippen molar-refractivity contribution < 1.29 is 9.59 Å². The number of aryl methyl sites for hydroxylation is 1.